The van der Waals surface area contributed by atoms with Crippen molar-refractivity contribution in [1.29, 1.82) is 0 Å². The summed E-state index contributed by atoms with van der Waals surface area (Å²) in [4.78, 5) is 0. The molecule has 102 valence electrons. The Hall–Kier alpha value is -0.860. The van der Waals surface area contributed by atoms with Crippen molar-refractivity contribution < 1.29 is 4.74 Å². The third-order valence-electron chi connectivity index (χ3n) is 3.28. The molecule has 1 unspecified atom stereocenters. The molecule has 0 saturated carbocycles. The summed E-state index contributed by atoms with van der Waals surface area (Å²) >= 11 is 0. The summed E-state index contributed by atoms with van der Waals surface area (Å²) in [5, 5.41) is 3.65. The molecule has 0 spiro atoms. The van der Waals surface area contributed by atoms with Crippen LogP contribution < -0.4 is 5.32 Å². The number of methoxy groups -OCH3 is 1. The third-order valence-corrected chi connectivity index (χ3v) is 3.28. The van der Waals surface area contributed by atoms with Gasteiger partial charge in [0.2, 0.25) is 0 Å². The van der Waals surface area contributed by atoms with Gasteiger partial charge in [0.15, 0.2) is 0 Å². The Morgan fingerprint density at radius 2 is 1.89 bits per heavy atom. The zero-order valence-electron chi connectivity index (χ0n) is 11.8. The summed E-state index contributed by atoms with van der Waals surface area (Å²) in [5.74, 6) is 0. The van der Waals surface area contributed by atoms with Crippen molar-refractivity contribution >= 4 is 0 Å². The lowest BCUT2D eigenvalue weighted by Crippen LogP contribution is -2.31. The minimum absolute atomic E-state index is 0.606. The van der Waals surface area contributed by atoms with E-state index in [9.17, 15) is 0 Å². The van der Waals surface area contributed by atoms with Gasteiger partial charge in [0.05, 0.1) is 0 Å². The summed E-state index contributed by atoms with van der Waals surface area (Å²) in [5.41, 5.74) is 1.43. The van der Waals surface area contributed by atoms with E-state index in [4.69, 9.17) is 4.74 Å². The lowest BCUT2D eigenvalue weighted by Gasteiger charge is -2.17. The molecular formula is C16H27NO. The lowest BCUT2D eigenvalue weighted by atomic mass is 10.0. The Morgan fingerprint density at radius 1 is 1.11 bits per heavy atom. The third kappa shape index (κ3) is 6.77. The van der Waals surface area contributed by atoms with E-state index in [1.54, 1.807) is 7.11 Å². The van der Waals surface area contributed by atoms with E-state index in [0.29, 0.717) is 6.04 Å². The molecule has 18 heavy (non-hydrogen) atoms. The summed E-state index contributed by atoms with van der Waals surface area (Å²) < 4.78 is 5.05. The van der Waals surface area contributed by atoms with E-state index in [1.165, 1.54) is 31.2 Å². The van der Waals surface area contributed by atoms with Crippen LogP contribution in [0.5, 0.6) is 0 Å². The molecule has 1 N–H and O–H groups in total. The largest absolute Gasteiger partial charge is 0.385 e. The summed E-state index contributed by atoms with van der Waals surface area (Å²) in [6, 6.07) is 11.3. The van der Waals surface area contributed by atoms with Gasteiger partial charge in [0, 0.05) is 19.8 Å². The highest BCUT2D eigenvalue weighted by atomic mass is 16.5. The van der Waals surface area contributed by atoms with Gasteiger partial charge >= 0.3 is 0 Å². The second-order valence-electron chi connectivity index (χ2n) is 4.80. The normalized spacial score (nSPS) is 12.6. The molecule has 0 aliphatic heterocycles. The van der Waals surface area contributed by atoms with Crippen molar-refractivity contribution in [3.05, 3.63) is 35.9 Å². The minimum Gasteiger partial charge on any atom is -0.385 e. The topological polar surface area (TPSA) is 21.3 Å². The molecule has 0 radical (unpaired) electrons. The average molecular weight is 249 g/mol. The second-order valence-corrected chi connectivity index (χ2v) is 4.80. The van der Waals surface area contributed by atoms with Crippen LogP contribution >= 0.6 is 0 Å². The van der Waals surface area contributed by atoms with Gasteiger partial charge < -0.3 is 10.1 Å². The van der Waals surface area contributed by atoms with E-state index < -0.39 is 0 Å². The zero-order chi connectivity index (χ0) is 13.1. The minimum atomic E-state index is 0.606. The first kappa shape index (κ1) is 15.2. The molecule has 0 amide bonds. The van der Waals surface area contributed by atoms with Crippen LogP contribution in [-0.4, -0.2) is 26.3 Å². The predicted octanol–water partition coefficient (Wildman–Crippen LogP) is 3.41. The molecule has 0 fully saturated rings. The first-order valence-corrected chi connectivity index (χ1v) is 7.13. The molecule has 0 aromatic heterocycles. The van der Waals surface area contributed by atoms with E-state index in [-0.39, 0.29) is 0 Å². The lowest BCUT2D eigenvalue weighted by molar-refractivity contribution is 0.192. The number of ether oxygens (including phenoxy) is 1. The standard InChI is InChI=1S/C16H27NO/c1-3-16(14-15-10-6-4-7-11-15)17-12-8-5-9-13-18-2/h4,6-7,10-11,16-17H,3,5,8-9,12-14H2,1-2H3. The first-order valence-electron chi connectivity index (χ1n) is 7.13. The molecule has 0 heterocycles. The van der Waals surface area contributed by atoms with Crippen LogP contribution in [0.3, 0.4) is 0 Å². The van der Waals surface area contributed by atoms with Crippen LogP contribution in [0.2, 0.25) is 0 Å². The Labute approximate surface area is 112 Å². The van der Waals surface area contributed by atoms with Crippen LogP contribution in [-0.2, 0) is 11.2 Å². The maximum Gasteiger partial charge on any atom is 0.0462 e. The van der Waals surface area contributed by atoms with Crippen molar-refractivity contribution in [2.75, 3.05) is 20.3 Å². The molecule has 1 aromatic rings. The van der Waals surface area contributed by atoms with E-state index in [2.05, 4.69) is 42.6 Å². The Balaban J connectivity index is 2.14. The number of unbranched alkanes of at least 4 members (excludes halogenated alkanes) is 2. The van der Waals surface area contributed by atoms with Crippen molar-refractivity contribution in [1.82, 2.24) is 5.32 Å². The van der Waals surface area contributed by atoms with Crippen LogP contribution in [0.1, 0.15) is 38.2 Å². The monoisotopic (exact) mass is 249 g/mol. The van der Waals surface area contributed by atoms with Gasteiger partial charge in [-0.1, -0.05) is 37.3 Å². The zero-order valence-corrected chi connectivity index (χ0v) is 11.8. The van der Waals surface area contributed by atoms with Crippen LogP contribution in [0.4, 0.5) is 0 Å². The van der Waals surface area contributed by atoms with Crippen molar-refractivity contribution in [2.45, 2.75) is 45.1 Å². The molecule has 2 nitrogen and oxygen atoms in total. The highest BCUT2D eigenvalue weighted by molar-refractivity contribution is 5.15. The maximum absolute atomic E-state index is 5.05. The summed E-state index contributed by atoms with van der Waals surface area (Å²) in [6.07, 6.45) is 5.99. The van der Waals surface area contributed by atoms with Gasteiger partial charge in [0.1, 0.15) is 0 Å². The average Bonchev–Trinajstić information content (AvgIpc) is 2.42. The molecule has 1 rings (SSSR count). The highest BCUT2D eigenvalue weighted by Crippen LogP contribution is 2.06. The number of hydrogen-bond donors (Lipinski definition) is 1. The smallest absolute Gasteiger partial charge is 0.0462 e. The number of nitrogens with one attached hydrogen (secondary N) is 1. The van der Waals surface area contributed by atoms with Gasteiger partial charge in [-0.15, -0.1) is 0 Å². The SMILES string of the molecule is CCC(Cc1ccccc1)NCCCCCOC. The molecule has 0 aliphatic rings. The van der Waals surface area contributed by atoms with Gasteiger partial charge in [-0.05, 0) is 44.2 Å². The maximum atomic E-state index is 5.05. The van der Waals surface area contributed by atoms with E-state index in [0.717, 1.165) is 19.6 Å². The quantitative estimate of drug-likeness (QED) is 0.642. The predicted molar refractivity (Wildman–Crippen MR) is 78.0 cm³/mol. The number of rotatable bonds is 10. The molecule has 0 aliphatic carbocycles. The molecular weight excluding hydrogens is 222 g/mol. The molecule has 2 heteroatoms. The Morgan fingerprint density at radius 3 is 2.56 bits per heavy atom. The Kier molecular flexibility index (Phi) is 8.53. The van der Waals surface area contributed by atoms with E-state index in [1.807, 2.05) is 0 Å². The number of hydrogen-bond acceptors (Lipinski definition) is 2. The fraction of sp³-hybridized carbons (Fsp3) is 0.625. The van der Waals surface area contributed by atoms with Crippen LogP contribution in [0.25, 0.3) is 0 Å². The fourth-order valence-electron chi connectivity index (χ4n) is 2.11. The van der Waals surface area contributed by atoms with Crippen molar-refractivity contribution in [3.8, 4) is 0 Å². The van der Waals surface area contributed by atoms with Gasteiger partial charge in [-0.2, -0.15) is 0 Å². The van der Waals surface area contributed by atoms with Gasteiger partial charge in [0.25, 0.3) is 0 Å². The molecule has 0 bridgehead atoms. The number of benzene rings is 1. The molecule has 0 saturated heterocycles. The van der Waals surface area contributed by atoms with Gasteiger partial charge in [-0.25, -0.2) is 0 Å². The van der Waals surface area contributed by atoms with Crippen LogP contribution in [0.15, 0.2) is 30.3 Å². The Bertz CT molecular complexity index is 286. The van der Waals surface area contributed by atoms with Crippen molar-refractivity contribution in [2.24, 2.45) is 0 Å². The molecule has 1 aromatic carbocycles. The highest BCUT2D eigenvalue weighted by Gasteiger charge is 2.05. The summed E-state index contributed by atoms with van der Waals surface area (Å²) in [6.45, 7) is 4.27. The summed E-state index contributed by atoms with van der Waals surface area (Å²) in [7, 11) is 1.77. The van der Waals surface area contributed by atoms with Crippen LogP contribution in [0, 0.1) is 0 Å². The second kappa shape index (κ2) is 10.1. The van der Waals surface area contributed by atoms with Gasteiger partial charge in [-0.3, -0.25) is 0 Å². The van der Waals surface area contributed by atoms with E-state index >= 15 is 0 Å². The molecule has 1 atom stereocenters. The van der Waals surface area contributed by atoms with Crippen molar-refractivity contribution in [3.63, 3.8) is 0 Å². The fourth-order valence-corrected chi connectivity index (χ4v) is 2.11. The first-order chi connectivity index (χ1) is 8.86.